The van der Waals surface area contributed by atoms with Crippen LogP contribution in [0.25, 0.3) is 0 Å². The maximum Gasteiger partial charge on any atom is 0.155 e. The predicted molar refractivity (Wildman–Crippen MR) is 45.7 cm³/mol. The molecule has 2 N–H and O–H groups in total. The molecule has 0 amide bonds. The monoisotopic (exact) mass is 174 g/mol. The second kappa shape index (κ2) is 3.74. The van der Waals surface area contributed by atoms with Gasteiger partial charge in [-0.05, 0) is 6.92 Å². The normalized spacial score (nSPS) is 49.2. The lowest BCUT2D eigenvalue weighted by Gasteiger charge is -2.39. The number of hydrogen-bond donors (Lipinski definition) is 2. The van der Waals surface area contributed by atoms with E-state index in [1.165, 1.54) is 7.11 Å². The fourth-order valence-corrected chi connectivity index (χ4v) is 1.44. The molecule has 0 saturated carbocycles. The Morgan fingerprint density at radius 3 is 2.42 bits per heavy atom. The van der Waals surface area contributed by atoms with Crippen molar-refractivity contribution in [2.45, 2.75) is 37.3 Å². The Morgan fingerprint density at radius 1 is 1.33 bits per heavy atom. The molecule has 1 heterocycles. The molecule has 0 aliphatic carbocycles. The third kappa shape index (κ3) is 1.64. The fraction of sp³-hybridized carbons (Fsp3) is 1.00. The molecule has 1 aliphatic heterocycles. The molecule has 0 bridgehead atoms. The van der Waals surface area contributed by atoms with Crippen molar-refractivity contribution >= 4 is 7.85 Å². The van der Waals surface area contributed by atoms with Crippen molar-refractivity contribution in [3.05, 3.63) is 0 Å². The molecule has 1 saturated heterocycles. The van der Waals surface area contributed by atoms with Crippen molar-refractivity contribution in [1.29, 1.82) is 0 Å². The molecular weight excluding hydrogens is 159 g/mol. The van der Waals surface area contributed by atoms with Gasteiger partial charge in [0.05, 0.1) is 12.2 Å². The Hall–Kier alpha value is -0.0951. The minimum absolute atomic E-state index is 0.193. The lowest BCUT2D eigenvalue weighted by atomic mass is 9.77. The number of methoxy groups -OCH3 is 1. The molecule has 1 aliphatic rings. The zero-order valence-electron chi connectivity index (χ0n) is 7.60. The molecule has 0 spiro atoms. The van der Waals surface area contributed by atoms with Crippen LogP contribution in [0.15, 0.2) is 0 Å². The lowest BCUT2D eigenvalue weighted by molar-refractivity contribution is -0.235. The van der Waals surface area contributed by atoms with E-state index in [4.69, 9.17) is 9.47 Å². The molecule has 5 atom stereocenters. The summed E-state index contributed by atoms with van der Waals surface area (Å²) in [5.41, 5.74) is 0. The van der Waals surface area contributed by atoms with Gasteiger partial charge in [0.25, 0.3) is 0 Å². The highest BCUT2D eigenvalue weighted by atomic mass is 16.7. The van der Waals surface area contributed by atoms with Crippen LogP contribution >= 0.6 is 0 Å². The van der Waals surface area contributed by atoms with E-state index >= 15 is 0 Å². The van der Waals surface area contributed by atoms with Gasteiger partial charge in [0, 0.05) is 12.9 Å². The average Bonchev–Trinajstić information content (AvgIpc) is 2.08. The third-order valence-corrected chi connectivity index (χ3v) is 2.38. The first-order chi connectivity index (χ1) is 5.57. The molecule has 0 radical (unpaired) electrons. The Balaban J connectivity index is 2.63. The van der Waals surface area contributed by atoms with Crippen LogP contribution in [0.5, 0.6) is 0 Å². The van der Waals surface area contributed by atoms with E-state index < -0.39 is 18.5 Å². The van der Waals surface area contributed by atoms with Gasteiger partial charge in [0.1, 0.15) is 14.0 Å². The van der Waals surface area contributed by atoms with Crippen molar-refractivity contribution in [1.82, 2.24) is 0 Å². The smallest absolute Gasteiger partial charge is 0.155 e. The van der Waals surface area contributed by atoms with Crippen LogP contribution in [0.2, 0.25) is 5.82 Å². The maximum absolute atomic E-state index is 9.51. The zero-order valence-corrected chi connectivity index (χ0v) is 7.60. The summed E-state index contributed by atoms with van der Waals surface area (Å²) in [6.07, 6.45) is -2.37. The maximum atomic E-state index is 9.51. The van der Waals surface area contributed by atoms with Gasteiger partial charge >= 0.3 is 0 Å². The second-order valence-electron chi connectivity index (χ2n) is 3.29. The van der Waals surface area contributed by atoms with Gasteiger partial charge in [0.15, 0.2) is 6.29 Å². The molecule has 0 unspecified atom stereocenters. The molecule has 0 aromatic heterocycles. The first-order valence-corrected chi connectivity index (χ1v) is 4.12. The predicted octanol–water partition coefficient (Wildman–Crippen LogP) is -1.48. The van der Waals surface area contributed by atoms with Gasteiger partial charge in [-0.1, -0.05) is 0 Å². The Bertz CT molecular complexity index is 150. The number of ether oxygens (including phenoxy) is 2. The summed E-state index contributed by atoms with van der Waals surface area (Å²) in [7, 11) is 3.31. The van der Waals surface area contributed by atoms with Gasteiger partial charge in [-0.3, -0.25) is 0 Å². The highest BCUT2D eigenvalue weighted by Gasteiger charge is 2.39. The van der Waals surface area contributed by atoms with Crippen LogP contribution in [0.4, 0.5) is 0 Å². The Kier molecular flexibility index (Phi) is 3.12. The molecule has 5 heteroatoms. The molecule has 1 rings (SSSR count). The van der Waals surface area contributed by atoms with E-state index in [0.717, 1.165) is 0 Å². The van der Waals surface area contributed by atoms with E-state index in [0.29, 0.717) is 0 Å². The van der Waals surface area contributed by atoms with E-state index in [2.05, 4.69) is 0 Å². The van der Waals surface area contributed by atoms with Crippen LogP contribution in [0, 0.1) is 0 Å². The van der Waals surface area contributed by atoms with E-state index in [1.807, 2.05) is 0 Å². The van der Waals surface area contributed by atoms with Gasteiger partial charge in [0.2, 0.25) is 0 Å². The highest BCUT2D eigenvalue weighted by Crippen LogP contribution is 2.28. The first kappa shape index (κ1) is 9.99. The topological polar surface area (TPSA) is 58.9 Å². The van der Waals surface area contributed by atoms with Crippen LogP contribution < -0.4 is 0 Å². The van der Waals surface area contributed by atoms with Crippen molar-refractivity contribution in [2.75, 3.05) is 7.11 Å². The number of rotatable bonds is 1. The molecule has 1 fully saturated rings. The van der Waals surface area contributed by atoms with E-state index in [1.54, 1.807) is 14.8 Å². The van der Waals surface area contributed by atoms with Gasteiger partial charge in [-0.2, -0.15) is 0 Å². The summed E-state index contributed by atoms with van der Waals surface area (Å²) in [5.74, 6) is -0.193. The van der Waals surface area contributed by atoms with Crippen LogP contribution in [0.1, 0.15) is 6.92 Å². The summed E-state index contributed by atoms with van der Waals surface area (Å²) in [4.78, 5) is 0. The minimum Gasteiger partial charge on any atom is -0.391 e. The highest BCUT2D eigenvalue weighted by molar-refractivity contribution is 6.12. The van der Waals surface area contributed by atoms with Gasteiger partial charge in [-0.25, -0.2) is 0 Å². The molecular formula is C7H15BO4. The van der Waals surface area contributed by atoms with Crippen LogP contribution in [-0.4, -0.2) is 49.8 Å². The molecule has 0 aromatic carbocycles. The summed E-state index contributed by atoms with van der Waals surface area (Å²) in [5, 5.41) is 18.9. The number of hydrogen-bond acceptors (Lipinski definition) is 4. The molecule has 70 valence electrons. The van der Waals surface area contributed by atoms with Crippen molar-refractivity contribution in [3.63, 3.8) is 0 Å². The number of aliphatic hydroxyl groups excluding tert-OH is 2. The van der Waals surface area contributed by atoms with Crippen LogP contribution in [0.3, 0.4) is 0 Å². The standard InChI is InChI=1S/C7H15BO4/c1-3-5(9)6(10)4(8)7(11-2)12-3/h3-7,9-10H,8H2,1-2H3/t3-,4+,5-,6-,7+/m0/s1. The SMILES string of the molecule is B[C@H]1[C@H](OC)O[C@@H](C)[C@H](O)[C@H]1O. The second-order valence-corrected chi connectivity index (χ2v) is 3.29. The van der Waals surface area contributed by atoms with Crippen molar-refractivity contribution in [3.8, 4) is 0 Å². The lowest BCUT2D eigenvalue weighted by Crippen LogP contribution is -2.51. The largest absolute Gasteiger partial charge is 0.391 e. The van der Waals surface area contributed by atoms with Gasteiger partial charge < -0.3 is 19.7 Å². The summed E-state index contributed by atoms with van der Waals surface area (Å²) >= 11 is 0. The first-order valence-electron chi connectivity index (χ1n) is 4.12. The van der Waals surface area contributed by atoms with Crippen LogP contribution in [-0.2, 0) is 9.47 Å². The Labute approximate surface area is 72.9 Å². The molecule has 12 heavy (non-hydrogen) atoms. The summed E-state index contributed by atoms with van der Waals surface area (Å²) in [6, 6.07) is 0. The van der Waals surface area contributed by atoms with Crippen molar-refractivity contribution in [2.24, 2.45) is 0 Å². The van der Waals surface area contributed by atoms with E-state index in [-0.39, 0.29) is 11.9 Å². The quantitative estimate of drug-likeness (QED) is 0.476. The minimum atomic E-state index is -0.814. The summed E-state index contributed by atoms with van der Waals surface area (Å²) < 4.78 is 10.3. The third-order valence-electron chi connectivity index (χ3n) is 2.38. The number of aliphatic hydroxyl groups is 2. The average molecular weight is 174 g/mol. The summed E-state index contributed by atoms with van der Waals surface area (Å²) in [6.45, 7) is 1.71. The van der Waals surface area contributed by atoms with Crippen molar-refractivity contribution < 1.29 is 19.7 Å². The Morgan fingerprint density at radius 2 is 1.92 bits per heavy atom. The molecule has 0 aromatic rings. The fourth-order valence-electron chi connectivity index (χ4n) is 1.44. The van der Waals surface area contributed by atoms with E-state index in [9.17, 15) is 10.2 Å². The zero-order chi connectivity index (χ0) is 9.30. The molecule has 4 nitrogen and oxygen atoms in total. The van der Waals surface area contributed by atoms with Gasteiger partial charge in [-0.15, -0.1) is 0 Å².